The molecule has 1 aromatic heterocycles. The molecule has 2 rings (SSSR count). The van der Waals surface area contributed by atoms with Crippen LogP contribution in [0.2, 0.25) is 5.02 Å². The van der Waals surface area contributed by atoms with Crippen molar-refractivity contribution in [3.63, 3.8) is 0 Å². The summed E-state index contributed by atoms with van der Waals surface area (Å²) in [6.07, 6.45) is 1.95. The smallest absolute Gasteiger partial charge is 0.490 e. The fourth-order valence-corrected chi connectivity index (χ4v) is 1.86. The van der Waals surface area contributed by atoms with Gasteiger partial charge in [0.1, 0.15) is 6.54 Å². The highest BCUT2D eigenvalue weighted by molar-refractivity contribution is 6.31. The Labute approximate surface area is 142 Å². The Morgan fingerprint density at radius 3 is 2.72 bits per heavy atom. The van der Waals surface area contributed by atoms with Gasteiger partial charge < -0.3 is 15.2 Å². The molecule has 0 radical (unpaired) electrons. The molecular weight excluding hydrogens is 362 g/mol. The highest BCUT2D eigenvalue weighted by Crippen LogP contribution is 2.32. The van der Waals surface area contributed by atoms with Crippen LogP contribution in [0.5, 0.6) is 5.75 Å². The van der Waals surface area contributed by atoms with E-state index < -0.39 is 39.7 Å². The summed E-state index contributed by atoms with van der Waals surface area (Å²) in [6.45, 7) is -0.403. The number of aromatic nitrogens is 3. The van der Waals surface area contributed by atoms with Crippen LogP contribution in [-0.2, 0) is 11.3 Å². The summed E-state index contributed by atoms with van der Waals surface area (Å²) >= 11 is 5.70. The number of halogens is 1. The molecule has 1 amide bonds. The lowest BCUT2D eigenvalue weighted by atomic mass is 10.2. The number of nitro groups is 2. The highest BCUT2D eigenvalue weighted by Gasteiger charge is 2.18. The summed E-state index contributed by atoms with van der Waals surface area (Å²) in [4.78, 5) is 34.5. The molecule has 25 heavy (non-hydrogen) atoms. The lowest BCUT2D eigenvalue weighted by Crippen LogP contribution is -2.23. The zero-order valence-electron chi connectivity index (χ0n) is 12.1. The molecule has 130 valence electrons. The van der Waals surface area contributed by atoms with Crippen LogP contribution in [0.3, 0.4) is 0 Å². The highest BCUT2D eigenvalue weighted by atomic mass is 35.5. The van der Waals surface area contributed by atoms with Crippen molar-refractivity contribution in [3.05, 3.63) is 49.3 Å². The number of nitro benzene ring substituents is 1. The van der Waals surface area contributed by atoms with E-state index in [9.17, 15) is 30.1 Å². The van der Waals surface area contributed by atoms with E-state index in [-0.39, 0.29) is 10.6 Å². The van der Waals surface area contributed by atoms with Crippen molar-refractivity contribution in [2.24, 2.45) is 5.10 Å². The van der Waals surface area contributed by atoms with Crippen LogP contribution in [0.25, 0.3) is 0 Å². The van der Waals surface area contributed by atoms with Crippen LogP contribution >= 0.6 is 11.6 Å². The van der Waals surface area contributed by atoms with E-state index in [1.807, 2.05) is 0 Å². The van der Waals surface area contributed by atoms with Crippen molar-refractivity contribution in [1.82, 2.24) is 20.2 Å². The molecule has 0 bridgehead atoms. The second kappa shape index (κ2) is 7.31. The summed E-state index contributed by atoms with van der Waals surface area (Å²) in [5, 5.41) is 37.9. The number of hydrazone groups is 1. The van der Waals surface area contributed by atoms with Crippen molar-refractivity contribution in [3.8, 4) is 5.75 Å². The van der Waals surface area contributed by atoms with Gasteiger partial charge in [0, 0.05) is 21.8 Å². The van der Waals surface area contributed by atoms with Crippen molar-refractivity contribution in [2.75, 3.05) is 0 Å². The van der Waals surface area contributed by atoms with E-state index in [2.05, 4.69) is 20.6 Å². The zero-order valence-corrected chi connectivity index (χ0v) is 12.8. The number of hydrogen-bond donors (Lipinski definition) is 2. The third kappa shape index (κ3) is 4.44. The Morgan fingerprint density at radius 2 is 2.12 bits per heavy atom. The average molecular weight is 370 g/mol. The average Bonchev–Trinajstić information content (AvgIpc) is 2.98. The summed E-state index contributed by atoms with van der Waals surface area (Å²) in [5.74, 6) is -2.03. The van der Waals surface area contributed by atoms with Gasteiger partial charge in [0.05, 0.1) is 11.1 Å². The number of phenols is 1. The van der Waals surface area contributed by atoms with Gasteiger partial charge in [-0.05, 0) is 11.0 Å². The minimum atomic E-state index is -0.825. The second-order valence-electron chi connectivity index (χ2n) is 4.41. The standard InChI is InChI=1S/C11H8ClN7O6/c12-7-1-6(10(21)8(2-7)18(22)23)3-14-15-9(20)4-17-5-13-11(16-17)19(24)25/h1-3,5,21H,4H2,(H,15,20)/b14-3+. The number of phenolic OH excluding ortho intramolecular Hbond substituents is 1. The summed E-state index contributed by atoms with van der Waals surface area (Å²) < 4.78 is 0.921. The first-order chi connectivity index (χ1) is 11.8. The molecule has 0 aliphatic carbocycles. The first kappa shape index (κ1) is 17.7. The number of nitrogens with one attached hydrogen (secondary N) is 1. The van der Waals surface area contributed by atoms with Crippen LogP contribution in [-0.4, -0.2) is 41.8 Å². The van der Waals surface area contributed by atoms with E-state index in [4.69, 9.17) is 11.6 Å². The predicted octanol–water partition coefficient (Wildman–Crippen LogP) is 0.604. The minimum absolute atomic E-state index is 0.00722. The Bertz CT molecular complexity index is 880. The molecule has 0 spiro atoms. The van der Waals surface area contributed by atoms with E-state index in [0.29, 0.717) is 0 Å². The number of rotatable bonds is 6. The third-order valence-corrected chi connectivity index (χ3v) is 2.89. The monoisotopic (exact) mass is 369 g/mol. The van der Waals surface area contributed by atoms with Crippen molar-refractivity contribution < 1.29 is 19.7 Å². The Kier molecular flexibility index (Phi) is 5.18. The van der Waals surface area contributed by atoms with Gasteiger partial charge in [0.15, 0.2) is 0 Å². The van der Waals surface area contributed by atoms with Crippen molar-refractivity contribution in [2.45, 2.75) is 6.54 Å². The number of hydrogen-bond acceptors (Lipinski definition) is 9. The van der Waals surface area contributed by atoms with Gasteiger partial charge in [-0.1, -0.05) is 16.6 Å². The second-order valence-corrected chi connectivity index (χ2v) is 4.85. The molecule has 0 aliphatic heterocycles. The van der Waals surface area contributed by atoms with Gasteiger partial charge in [0.25, 0.3) is 5.91 Å². The number of nitrogens with zero attached hydrogens (tertiary/aromatic N) is 6. The fraction of sp³-hybridized carbons (Fsp3) is 0.0909. The number of aromatic hydroxyl groups is 1. The normalized spacial score (nSPS) is 10.8. The molecule has 0 fully saturated rings. The maximum Gasteiger partial charge on any atom is 0.490 e. The van der Waals surface area contributed by atoms with E-state index >= 15 is 0 Å². The van der Waals surface area contributed by atoms with Crippen molar-refractivity contribution in [1.29, 1.82) is 0 Å². The Balaban J connectivity index is 2.04. The van der Waals surface area contributed by atoms with Gasteiger partial charge in [-0.3, -0.25) is 14.9 Å². The lowest BCUT2D eigenvalue weighted by molar-refractivity contribution is -0.394. The summed E-state index contributed by atoms with van der Waals surface area (Å²) in [6, 6.07) is 2.17. The molecule has 0 unspecified atom stereocenters. The van der Waals surface area contributed by atoms with E-state index in [1.165, 1.54) is 6.07 Å². The Hall–Kier alpha value is -3.61. The van der Waals surface area contributed by atoms with Gasteiger partial charge in [-0.2, -0.15) is 9.78 Å². The van der Waals surface area contributed by atoms with Gasteiger partial charge in [-0.25, -0.2) is 5.43 Å². The molecule has 0 atom stereocenters. The number of carbonyl (C=O) groups is 1. The topological polar surface area (TPSA) is 179 Å². The molecule has 14 heteroatoms. The lowest BCUT2D eigenvalue weighted by Gasteiger charge is -2.01. The maximum absolute atomic E-state index is 11.6. The maximum atomic E-state index is 11.6. The van der Waals surface area contributed by atoms with Crippen LogP contribution in [0.1, 0.15) is 5.56 Å². The number of benzene rings is 1. The molecule has 0 saturated carbocycles. The van der Waals surface area contributed by atoms with E-state index in [1.54, 1.807) is 0 Å². The van der Waals surface area contributed by atoms with Gasteiger partial charge in [-0.15, -0.1) is 0 Å². The zero-order chi connectivity index (χ0) is 18.6. The molecule has 13 nitrogen and oxygen atoms in total. The van der Waals surface area contributed by atoms with E-state index in [0.717, 1.165) is 23.3 Å². The van der Waals surface area contributed by atoms with Crippen LogP contribution in [0, 0.1) is 20.2 Å². The number of amides is 1. The van der Waals surface area contributed by atoms with Crippen LogP contribution < -0.4 is 5.43 Å². The SMILES string of the molecule is O=C(Cn1cnc([N+](=O)[O-])n1)N/N=C/c1cc(Cl)cc([N+](=O)[O-])c1O. The molecule has 1 heterocycles. The van der Waals surface area contributed by atoms with Crippen molar-refractivity contribution >= 4 is 35.4 Å². The molecule has 0 aliphatic rings. The molecule has 2 aromatic rings. The summed E-state index contributed by atoms with van der Waals surface area (Å²) in [5.41, 5.74) is 1.36. The van der Waals surface area contributed by atoms with Crippen LogP contribution in [0.15, 0.2) is 23.6 Å². The minimum Gasteiger partial charge on any atom is -0.502 e. The fourth-order valence-electron chi connectivity index (χ4n) is 1.64. The third-order valence-electron chi connectivity index (χ3n) is 2.67. The summed E-state index contributed by atoms with van der Waals surface area (Å²) in [7, 11) is 0. The predicted molar refractivity (Wildman–Crippen MR) is 82.2 cm³/mol. The molecular formula is C11H8ClN7O6. The van der Waals surface area contributed by atoms with Gasteiger partial charge in [0.2, 0.25) is 12.1 Å². The number of carbonyl (C=O) groups excluding carboxylic acids is 1. The molecule has 0 saturated heterocycles. The molecule has 2 N–H and O–H groups in total. The first-order valence-electron chi connectivity index (χ1n) is 6.30. The van der Waals surface area contributed by atoms with Gasteiger partial charge >= 0.3 is 11.6 Å². The largest absolute Gasteiger partial charge is 0.502 e. The van der Waals surface area contributed by atoms with Crippen LogP contribution in [0.4, 0.5) is 11.6 Å². The molecule has 1 aromatic carbocycles. The Morgan fingerprint density at radius 1 is 1.40 bits per heavy atom. The quantitative estimate of drug-likeness (QED) is 0.422. The first-order valence-corrected chi connectivity index (χ1v) is 6.68.